The Morgan fingerprint density at radius 2 is 2.04 bits per heavy atom. The van der Waals surface area contributed by atoms with Crippen molar-refractivity contribution < 1.29 is 18.7 Å². The molecule has 2 fully saturated rings. The number of para-hydroxylation sites is 1. The van der Waals surface area contributed by atoms with Crippen molar-refractivity contribution >= 4 is 23.0 Å². The molecule has 1 atom stereocenters. The fourth-order valence-corrected chi connectivity index (χ4v) is 3.92. The Balaban J connectivity index is 1.57. The second-order valence-corrected chi connectivity index (χ2v) is 6.83. The molecule has 5 nitrogen and oxygen atoms in total. The second kappa shape index (κ2) is 7.64. The molecule has 2 aliphatic rings. The van der Waals surface area contributed by atoms with Crippen molar-refractivity contribution in [3.8, 4) is 0 Å². The van der Waals surface area contributed by atoms with Gasteiger partial charge in [0.2, 0.25) is 5.91 Å². The molecule has 0 N–H and O–H groups in total. The Labute approximate surface area is 153 Å². The van der Waals surface area contributed by atoms with Crippen LogP contribution in [0.2, 0.25) is 0 Å². The zero-order valence-corrected chi connectivity index (χ0v) is 15.1. The molecule has 0 radical (unpaired) electrons. The van der Waals surface area contributed by atoms with E-state index in [9.17, 15) is 4.79 Å². The Bertz CT molecular complexity index is 803. The Morgan fingerprint density at radius 1 is 1.23 bits per heavy atom. The van der Waals surface area contributed by atoms with Crippen LogP contribution in [0.1, 0.15) is 37.5 Å². The van der Waals surface area contributed by atoms with Gasteiger partial charge in [0.15, 0.2) is 6.29 Å². The lowest BCUT2D eigenvalue weighted by Gasteiger charge is -2.37. The minimum Gasteiger partial charge on any atom is -0.460 e. The number of furan rings is 1. The summed E-state index contributed by atoms with van der Waals surface area (Å²) >= 11 is 0. The fourth-order valence-electron chi connectivity index (χ4n) is 3.92. The third kappa shape index (κ3) is 3.29. The summed E-state index contributed by atoms with van der Waals surface area (Å²) in [6.45, 7) is 4.04. The summed E-state index contributed by atoms with van der Waals surface area (Å²) in [6, 6.07) is 7.96. The van der Waals surface area contributed by atoms with E-state index >= 15 is 0 Å². The van der Waals surface area contributed by atoms with Crippen molar-refractivity contribution in [3.05, 3.63) is 41.7 Å². The number of likely N-dealkylation sites (tertiary alicyclic amines) is 1. The van der Waals surface area contributed by atoms with Gasteiger partial charge in [-0.15, -0.1) is 0 Å². The minimum absolute atomic E-state index is 0.00939. The van der Waals surface area contributed by atoms with Crippen LogP contribution in [0, 0.1) is 0 Å². The molecule has 0 aliphatic carbocycles. The van der Waals surface area contributed by atoms with E-state index in [1.165, 1.54) is 0 Å². The predicted molar refractivity (Wildman–Crippen MR) is 99.7 cm³/mol. The second-order valence-electron chi connectivity index (χ2n) is 6.83. The molecule has 1 aromatic heterocycles. The summed E-state index contributed by atoms with van der Waals surface area (Å²) in [5, 5.41) is 1.05. The van der Waals surface area contributed by atoms with Crippen molar-refractivity contribution in [1.29, 1.82) is 0 Å². The number of hydrogen-bond acceptors (Lipinski definition) is 4. The van der Waals surface area contributed by atoms with Gasteiger partial charge in [-0.05, 0) is 31.4 Å². The van der Waals surface area contributed by atoms with E-state index in [4.69, 9.17) is 13.9 Å². The summed E-state index contributed by atoms with van der Waals surface area (Å²) in [4.78, 5) is 14.8. The lowest BCUT2D eigenvalue weighted by atomic mass is 10.0. The first kappa shape index (κ1) is 17.3. The van der Waals surface area contributed by atoms with E-state index in [1.807, 2.05) is 35.2 Å². The number of carbonyl (C=O) groups is 1. The number of benzene rings is 1. The van der Waals surface area contributed by atoms with Gasteiger partial charge in [0.25, 0.3) is 0 Å². The van der Waals surface area contributed by atoms with Gasteiger partial charge >= 0.3 is 0 Å². The molecule has 2 aliphatic heterocycles. The van der Waals surface area contributed by atoms with Gasteiger partial charge in [-0.25, -0.2) is 0 Å². The lowest BCUT2D eigenvalue weighted by Crippen LogP contribution is -2.49. The standard InChI is InChI=1S/C21H25NO4/c1-2-18-16(15-7-3-4-9-19(15)26-18)10-11-20(23)22-12-6-5-8-17(22)21-24-13-14-25-21/h3-4,7,9-11,17,21H,2,5-6,8,12-14H2,1H3/b11-10+/t17-/m0/s1. The van der Waals surface area contributed by atoms with Gasteiger partial charge in [0, 0.05) is 30.0 Å². The van der Waals surface area contributed by atoms with E-state index in [2.05, 4.69) is 6.92 Å². The average molecular weight is 355 g/mol. The van der Waals surface area contributed by atoms with E-state index < -0.39 is 0 Å². The molecule has 3 heterocycles. The minimum atomic E-state index is -0.284. The molecule has 4 rings (SSSR count). The van der Waals surface area contributed by atoms with Gasteiger partial charge in [-0.1, -0.05) is 25.1 Å². The molecule has 26 heavy (non-hydrogen) atoms. The van der Waals surface area contributed by atoms with Gasteiger partial charge in [-0.3, -0.25) is 4.79 Å². The van der Waals surface area contributed by atoms with Crippen molar-refractivity contribution in [2.75, 3.05) is 19.8 Å². The topological polar surface area (TPSA) is 51.9 Å². The quantitative estimate of drug-likeness (QED) is 0.784. The summed E-state index contributed by atoms with van der Waals surface area (Å²) in [7, 11) is 0. The number of hydrogen-bond donors (Lipinski definition) is 0. The maximum atomic E-state index is 12.9. The number of piperidine rings is 1. The first-order valence-corrected chi connectivity index (χ1v) is 9.50. The molecule has 5 heteroatoms. The van der Waals surface area contributed by atoms with Crippen molar-refractivity contribution in [2.45, 2.75) is 44.9 Å². The molecule has 1 amide bonds. The number of rotatable bonds is 4. The first-order chi connectivity index (χ1) is 12.8. The Morgan fingerprint density at radius 3 is 2.85 bits per heavy atom. The number of ether oxygens (including phenoxy) is 2. The van der Waals surface area contributed by atoms with Crippen LogP contribution in [0.15, 0.2) is 34.8 Å². The van der Waals surface area contributed by atoms with E-state index in [0.29, 0.717) is 13.2 Å². The molecule has 138 valence electrons. The molecule has 0 spiro atoms. The van der Waals surface area contributed by atoms with Crippen molar-refractivity contribution in [1.82, 2.24) is 4.90 Å². The van der Waals surface area contributed by atoms with Crippen LogP contribution < -0.4 is 0 Å². The van der Waals surface area contributed by atoms with Crippen LogP contribution in [0.4, 0.5) is 0 Å². The highest BCUT2D eigenvalue weighted by molar-refractivity contribution is 5.96. The normalized spacial score (nSPS) is 21.9. The summed E-state index contributed by atoms with van der Waals surface area (Å²) in [6.07, 6.45) is 7.13. The molecule has 0 unspecified atom stereocenters. The first-order valence-electron chi connectivity index (χ1n) is 9.50. The Hall–Kier alpha value is -2.11. The van der Waals surface area contributed by atoms with Crippen LogP contribution in [0.5, 0.6) is 0 Å². The highest BCUT2D eigenvalue weighted by Gasteiger charge is 2.35. The third-order valence-corrected chi connectivity index (χ3v) is 5.22. The van der Waals surface area contributed by atoms with Gasteiger partial charge in [0.1, 0.15) is 11.3 Å². The lowest BCUT2D eigenvalue weighted by molar-refractivity contribution is -0.145. The fraction of sp³-hybridized carbons (Fsp3) is 0.476. The van der Waals surface area contributed by atoms with Crippen molar-refractivity contribution in [3.63, 3.8) is 0 Å². The summed E-state index contributed by atoms with van der Waals surface area (Å²) in [5.41, 5.74) is 1.86. The molecule has 0 saturated carbocycles. The Kier molecular flexibility index (Phi) is 5.09. The molecule has 2 saturated heterocycles. The molecule has 0 bridgehead atoms. The molecule has 1 aromatic carbocycles. The average Bonchev–Trinajstić information content (AvgIpc) is 3.34. The number of carbonyl (C=O) groups excluding carboxylic acids is 1. The van der Waals surface area contributed by atoms with Crippen LogP contribution in [0.25, 0.3) is 17.0 Å². The van der Waals surface area contributed by atoms with Crippen LogP contribution in [-0.2, 0) is 20.7 Å². The highest BCUT2D eigenvalue weighted by Crippen LogP contribution is 2.28. The van der Waals surface area contributed by atoms with Crippen LogP contribution in [-0.4, -0.2) is 42.9 Å². The van der Waals surface area contributed by atoms with Gasteiger partial charge in [-0.2, -0.15) is 0 Å². The smallest absolute Gasteiger partial charge is 0.247 e. The monoisotopic (exact) mass is 355 g/mol. The number of fused-ring (bicyclic) bond motifs is 1. The largest absolute Gasteiger partial charge is 0.460 e. The SMILES string of the molecule is CCc1oc2ccccc2c1/C=C/C(=O)N1CCCC[C@H]1C1OCCO1. The number of amides is 1. The van der Waals surface area contributed by atoms with Crippen LogP contribution >= 0.6 is 0 Å². The zero-order chi connectivity index (χ0) is 17.9. The summed E-state index contributed by atoms with van der Waals surface area (Å²) < 4.78 is 17.2. The number of nitrogens with zero attached hydrogens (tertiary/aromatic N) is 1. The van der Waals surface area contributed by atoms with Gasteiger partial charge in [0.05, 0.1) is 19.3 Å². The molecular formula is C21H25NO4. The van der Waals surface area contributed by atoms with Gasteiger partial charge < -0.3 is 18.8 Å². The zero-order valence-electron chi connectivity index (χ0n) is 15.1. The maximum absolute atomic E-state index is 12.9. The van der Waals surface area contributed by atoms with Crippen molar-refractivity contribution in [2.24, 2.45) is 0 Å². The third-order valence-electron chi connectivity index (χ3n) is 5.22. The molecule has 2 aromatic rings. The highest BCUT2D eigenvalue weighted by atomic mass is 16.7. The van der Waals surface area contributed by atoms with Crippen LogP contribution in [0.3, 0.4) is 0 Å². The van der Waals surface area contributed by atoms with E-state index in [-0.39, 0.29) is 18.2 Å². The molecular weight excluding hydrogens is 330 g/mol. The maximum Gasteiger partial charge on any atom is 0.247 e. The van der Waals surface area contributed by atoms with E-state index in [1.54, 1.807) is 6.08 Å². The summed E-state index contributed by atoms with van der Waals surface area (Å²) in [5.74, 6) is 0.925. The predicted octanol–water partition coefficient (Wildman–Crippen LogP) is 3.76. The van der Waals surface area contributed by atoms with E-state index in [0.717, 1.165) is 54.5 Å². The number of aryl methyl sites for hydroxylation is 1.